The Morgan fingerprint density at radius 1 is 1.67 bits per heavy atom. The van der Waals surface area contributed by atoms with E-state index in [0.29, 0.717) is 32.2 Å². The van der Waals surface area contributed by atoms with Gasteiger partial charge in [0.25, 0.3) is 0 Å². The second kappa shape index (κ2) is 5.11. The van der Waals surface area contributed by atoms with E-state index < -0.39 is 5.67 Å². The maximum atomic E-state index is 13.6. The second-order valence-electron chi connectivity index (χ2n) is 4.34. The quantitative estimate of drug-likeness (QED) is 0.672. The first-order chi connectivity index (χ1) is 7.05. The molecule has 1 atom stereocenters. The van der Waals surface area contributed by atoms with Gasteiger partial charge in [-0.3, -0.25) is 4.79 Å². The van der Waals surface area contributed by atoms with Crippen LogP contribution in [0.15, 0.2) is 0 Å². The molecule has 0 aromatic carbocycles. The lowest BCUT2D eigenvalue weighted by molar-refractivity contribution is -0.135. The number of nitriles is 1. The smallest absolute Gasteiger partial charge is 0.222 e. The molecular weight excluding hydrogens is 195 g/mol. The molecule has 0 spiro atoms. The number of hydrogen-bond donors (Lipinski definition) is 0. The van der Waals surface area contributed by atoms with E-state index in [4.69, 9.17) is 5.26 Å². The molecule has 84 valence electrons. The Balaban J connectivity index is 2.36. The van der Waals surface area contributed by atoms with Crippen LogP contribution in [0.25, 0.3) is 0 Å². The highest BCUT2D eigenvalue weighted by atomic mass is 19.1. The molecule has 0 aromatic heterocycles. The summed E-state index contributed by atoms with van der Waals surface area (Å²) in [5, 5.41) is 8.34. The zero-order valence-corrected chi connectivity index (χ0v) is 9.13. The molecule has 0 aliphatic carbocycles. The zero-order valence-electron chi connectivity index (χ0n) is 9.13. The van der Waals surface area contributed by atoms with Crippen molar-refractivity contribution in [1.29, 1.82) is 5.26 Å². The fourth-order valence-electron chi connectivity index (χ4n) is 1.88. The minimum absolute atomic E-state index is 0.0196. The molecule has 0 saturated carbocycles. The van der Waals surface area contributed by atoms with Crippen LogP contribution in [0.5, 0.6) is 0 Å². The predicted molar refractivity (Wildman–Crippen MR) is 54.8 cm³/mol. The van der Waals surface area contributed by atoms with Crippen LogP contribution < -0.4 is 0 Å². The molecule has 1 unspecified atom stereocenters. The van der Waals surface area contributed by atoms with Gasteiger partial charge in [-0.1, -0.05) is 0 Å². The summed E-state index contributed by atoms with van der Waals surface area (Å²) in [6.07, 6.45) is 2.61. The summed E-state index contributed by atoms with van der Waals surface area (Å²) in [6.45, 7) is 2.41. The van der Waals surface area contributed by atoms with Gasteiger partial charge < -0.3 is 4.90 Å². The number of carbonyl (C=O) groups excluding carboxylic acids is 1. The summed E-state index contributed by atoms with van der Waals surface area (Å²) in [4.78, 5) is 13.2. The molecule has 1 aliphatic heterocycles. The van der Waals surface area contributed by atoms with Gasteiger partial charge in [0.1, 0.15) is 5.67 Å². The fraction of sp³-hybridized carbons (Fsp3) is 0.818. The molecular formula is C11H17FN2O. The van der Waals surface area contributed by atoms with E-state index in [1.165, 1.54) is 0 Å². The molecule has 1 rings (SSSR count). The van der Waals surface area contributed by atoms with Crippen molar-refractivity contribution >= 4 is 5.91 Å². The van der Waals surface area contributed by atoms with Gasteiger partial charge >= 0.3 is 0 Å². The largest absolute Gasteiger partial charge is 0.340 e. The van der Waals surface area contributed by atoms with Crippen LogP contribution in [-0.2, 0) is 4.79 Å². The molecule has 0 N–H and O–H groups in total. The van der Waals surface area contributed by atoms with Gasteiger partial charge in [-0.15, -0.1) is 0 Å². The van der Waals surface area contributed by atoms with Crippen LogP contribution in [0.3, 0.4) is 0 Å². The van der Waals surface area contributed by atoms with Crippen molar-refractivity contribution < 1.29 is 9.18 Å². The van der Waals surface area contributed by atoms with Gasteiger partial charge in [0.05, 0.1) is 12.6 Å². The topological polar surface area (TPSA) is 44.1 Å². The van der Waals surface area contributed by atoms with Crippen molar-refractivity contribution in [2.75, 3.05) is 13.1 Å². The normalized spacial score (nSPS) is 26.1. The maximum absolute atomic E-state index is 13.6. The van der Waals surface area contributed by atoms with Gasteiger partial charge in [0.15, 0.2) is 0 Å². The number of nitrogens with zero attached hydrogens (tertiary/aromatic N) is 2. The lowest BCUT2D eigenvalue weighted by Gasteiger charge is -2.35. The number of amides is 1. The van der Waals surface area contributed by atoms with E-state index in [-0.39, 0.29) is 12.5 Å². The van der Waals surface area contributed by atoms with Crippen LogP contribution in [0.2, 0.25) is 0 Å². The van der Waals surface area contributed by atoms with Crippen molar-refractivity contribution in [2.24, 2.45) is 0 Å². The minimum atomic E-state index is -1.23. The number of carbonyl (C=O) groups is 1. The van der Waals surface area contributed by atoms with E-state index >= 15 is 0 Å². The molecule has 0 aromatic rings. The lowest BCUT2D eigenvalue weighted by atomic mass is 9.96. The highest BCUT2D eigenvalue weighted by molar-refractivity contribution is 5.76. The summed E-state index contributed by atoms with van der Waals surface area (Å²) in [7, 11) is 0. The Labute approximate surface area is 89.9 Å². The molecule has 1 saturated heterocycles. The van der Waals surface area contributed by atoms with Crippen molar-refractivity contribution in [3.8, 4) is 6.07 Å². The Morgan fingerprint density at radius 3 is 3.00 bits per heavy atom. The van der Waals surface area contributed by atoms with Crippen molar-refractivity contribution in [3.63, 3.8) is 0 Å². The summed E-state index contributed by atoms with van der Waals surface area (Å²) in [5.41, 5.74) is -1.23. The van der Waals surface area contributed by atoms with Gasteiger partial charge in [0, 0.05) is 19.4 Å². The number of likely N-dealkylation sites (tertiary alicyclic amines) is 1. The predicted octanol–water partition coefficient (Wildman–Crippen LogP) is 2.03. The Hall–Kier alpha value is -1.11. The first-order valence-electron chi connectivity index (χ1n) is 5.39. The van der Waals surface area contributed by atoms with Crippen molar-refractivity contribution in [3.05, 3.63) is 0 Å². The number of hydrogen-bond acceptors (Lipinski definition) is 2. The van der Waals surface area contributed by atoms with Crippen LogP contribution in [0.1, 0.15) is 39.0 Å². The summed E-state index contributed by atoms with van der Waals surface area (Å²) >= 11 is 0. The monoisotopic (exact) mass is 212 g/mol. The van der Waals surface area contributed by atoms with E-state index in [0.717, 1.165) is 6.42 Å². The SMILES string of the molecule is CC1(F)CCCN(C(=O)CCCC#N)C1. The van der Waals surface area contributed by atoms with Gasteiger partial charge in [-0.05, 0) is 26.2 Å². The standard InChI is InChI=1S/C11H17FN2O/c1-11(12)6-4-8-14(9-11)10(15)5-2-3-7-13/h2-6,8-9H2,1H3. The third-order valence-electron chi connectivity index (χ3n) is 2.68. The molecule has 0 radical (unpaired) electrons. The number of rotatable bonds is 3. The summed E-state index contributed by atoms with van der Waals surface area (Å²) in [6, 6.07) is 2.00. The summed E-state index contributed by atoms with van der Waals surface area (Å²) < 4.78 is 13.6. The number of piperidine rings is 1. The first-order valence-corrected chi connectivity index (χ1v) is 5.39. The van der Waals surface area contributed by atoms with Crippen LogP contribution in [0.4, 0.5) is 4.39 Å². The minimum Gasteiger partial charge on any atom is -0.340 e. The van der Waals surface area contributed by atoms with E-state index in [9.17, 15) is 9.18 Å². The average Bonchev–Trinajstić information content (AvgIpc) is 2.16. The van der Waals surface area contributed by atoms with Gasteiger partial charge in [0.2, 0.25) is 5.91 Å². The lowest BCUT2D eigenvalue weighted by Crippen LogP contribution is -2.46. The molecule has 1 heterocycles. The zero-order chi connectivity index (χ0) is 11.3. The second-order valence-corrected chi connectivity index (χ2v) is 4.34. The van der Waals surface area contributed by atoms with Crippen molar-refractivity contribution in [1.82, 2.24) is 4.90 Å². The van der Waals surface area contributed by atoms with Gasteiger partial charge in [-0.25, -0.2) is 4.39 Å². The van der Waals surface area contributed by atoms with Gasteiger partial charge in [-0.2, -0.15) is 5.26 Å². The maximum Gasteiger partial charge on any atom is 0.222 e. The third-order valence-corrected chi connectivity index (χ3v) is 2.68. The molecule has 15 heavy (non-hydrogen) atoms. The molecule has 4 heteroatoms. The van der Waals surface area contributed by atoms with E-state index in [1.54, 1.807) is 11.8 Å². The highest BCUT2D eigenvalue weighted by Gasteiger charge is 2.32. The van der Waals surface area contributed by atoms with Crippen LogP contribution >= 0.6 is 0 Å². The molecule has 1 amide bonds. The fourth-order valence-corrected chi connectivity index (χ4v) is 1.88. The van der Waals surface area contributed by atoms with Crippen LogP contribution in [-0.4, -0.2) is 29.6 Å². The van der Waals surface area contributed by atoms with E-state index in [1.807, 2.05) is 6.07 Å². The molecule has 1 fully saturated rings. The Morgan fingerprint density at radius 2 is 2.40 bits per heavy atom. The average molecular weight is 212 g/mol. The molecule has 3 nitrogen and oxygen atoms in total. The number of halogens is 1. The first kappa shape index (κ1) is 12.0. The summed E-state index contributed by atoms with van der Waals surface area (Å²) in [5.74, 6) is -0.0196. The van der Waals surface area contributed by atoms with Crippen molar-refractivity contribution in [2.45, 2.75) is 44.7 Å². The Kier molecular flexibility index (Phi) is 4.07. The van der Waals surface area contributed by atoms with E-state index in [2.05, 4.69) is 0 Å². The molecule has 1 aliphatic rings. The highest BCUT2D eigenvalue weighted by Crippen LogP contribution is 2.24. The molecule has 0 bridgehead atoms. The van der Waals surface area contributed by atoms with Crippen LogP contribution in [0, 0.1) is 11.3 Å². The Bertz CT molecular complexity index is 270. The number of unbranched alkanes of at least 4 members (excludes halogenated alkanes) is 1. The number of alkyl halides is 1. The third kappa shape index (κ3) is 3.86.